The van der Waals surface area contributed by atoms with Crippen LogP contribution in [-0.2, 0) is 0 Å². The van der Waals surface area contributed by atoms with E-state index in [0.717, 1.165) is 10.8 Å². The Hall–Kier alpha value is -4.08. The molecule has 0 atom stereocenters. The first kappa shape index (κ1) is 17.3. The summed E-state index contributed by atoms with van der Waals surface area (Å²) in [7, 11) is 3.52. The number of hydrazone groups is 1. The average molecular weight is 376 g/mol. The lowest BCUT2D eigenvalue weighted by molar-refractivity contribution is -0.384. The molecule has 0 saturated carbocycles. The Labute approximate surface area is 159 Å². The van der Waals surface area contributed by atoms with E-state index in [-0.39, 0.29) is 5.69 Å². The summed E-state index contributed by atoms with van der Waals surface area (Å²) in [6, 6.07) is 12.6. The van der Waals surface area contributed by atoms with E-state index in [1.807, 2.05) is 24.3 Å². The minimum atomic E-state index is -0.408. The van der Waals surface area contributed by atoms with E-state index >= 15 is 0 Å². The maximum absolute atomic E-state index is 11.3. The van der Waals surface area contributed by atoms with Crippen LogP contribution >= 0.6 is 0 Å². The third-order valence-electron chi connectivity index (χ3n) is 4.22. The van der Waals surface area contributed by atoms with E-state index in [2.05, 4.69) is 25.8 Å². The van der Waals surface area contributed by atoms with Gasteiger partial charge in [-0.05, 0) is 6.07 Å². The summed E-state index contributed by atoms with van der Waals surface area (Å²) in [5.41, 5.74) is 4.70. The van der Waals surface area contributed by atoms with Crippen LogP contribution in [0.3, 0.4) is 0 Å². The van der Waals surface area contributed by atoms with Gasteiger partial charge in [-0.25, -0.2) is 0 Å². The van der Waals surface area contributed by atoms with E-state index in [4.69, 9.17) is 0 Å². The molecule has 0 fully saturated rings. The van der Waals surface area contributed by atoms with Crippen LogP contribution in [0, 0.1) is 10.1 Å². The number of nitro benzene ring substituents is 1. The first-order valence-electron chi connectivity index (χ1n) is 8.38. The van der Waals surface area contributed by atoms with Gasteiger partial charge in [-0.3, -0.25) is 15.5 Å². The predicted octanol–water partition coefficient (Wildman–Crippen LogP) is 2.70. The molecular weight excluding hydrogens is 360 g/mol. The van der Waals surface area contributed by atoms with Crippen LogP contribution in [0.2, 0.25) is 0 Å². The quantitative estimate of drug-likeness (QED) is 0.323. The molecule has 0 unspecified atom stereocenters. The Kier molecular flexibility index (Phi) is 4.28. The fraction of sp³-hybridized carbons (Fsp3) is 0.111. The largest absolute Gasteiger partial charge is 0.372 e. The summed E-state index contributed by atoms with van der Waals surface area (Å²) in [5, 5.41) is 29.6. The van der Waals surface area contributed by atoms with Crippen molar-refractivity contribution in [3.8, 4) is 0 Å². The van der Waals surface area contributed by atoms with E-state index in [9.17, 15) is 10.1 Å². The number of fused-ring (bicyclic) bond motifs is 3. The van der Waals surface area contributed by atoms with Crippen LogP contribution in [0.25, 0.3) is 16.4 Å². The smallest absolute Gasteiger partial charge is 0.293 e. The first-order valence-corrected chi connectivity index (χ1v) is 8.38. The average Bonchev–Trinajstić information content (AvgIpc) is 3.16. The molecule has 0 aliphatic heterocycles. The summed E-state index contributed by atoms with van der Waals surface area (Å²) < 4.78 is 1.57. The van der Waals surface area contributed by atoms with Crippen LogP contribution in [0.5, 0.6) is 0 Å². The second-order valence-electron chi connectivity index (χ2n) is 6.26. The van der Waals surface area contributed by atoms with E-state index in [0.29, 0.717) is 22.7 Å². The number of rotatable bonds is 5. The van der Waals surface area contributed by atoms with Gasteiger partial charge >= 0.3 is 0 Å². The second kappa shape index (κ2) is 6.91. The predicted molar refractivity (Wildman–Crippen MR) is 107 cm³/mol. The molecule has 0 bridgehead atoms. The highest BCUT2D eigenvalue weighted by atomic mass is 16.6. The van der Waals surface area contributed by atoms with Crippen molar-refractivity contribution in [2.24, 2.45) is 5.10 Å². The molecule has 10 heteroatoms. The van der Waals surface area contributed by atoms with Gasteiger partial charge in [-0.15, -0.1) is 15.3 Å². The van der Waals surface area contributed by atoms with Crippen molar-refractivity contribution in [3.63, 3.8) is 0 Å². The number of aromatic nitrogens is 4. The Morgan fingerprint density at radius 1 is 1.21 bits per heavy atom. The van der Waals surface area contributed by atoms with Crippen LogP contribution in [0.15, 0.2) is 53.9 Å². The highest BCUT2D eigenvalue weighted by Crippen LogP contribution is 2.27. The number of nitro groups is 1. The fourth-order valence-corrected chi connectivity index (χ4v) is 2.92. The molecule has 10 nitrogen and oxygen atoms in total. The monoisotopic (exact) mass is 376 g/mol. The fourth-order valence-electron chi connectivity index (χ4n) is 2.92. The molecule has 28 heavy (non-hydrogen) atoms. The minimum Gasteiger partial charge on any atom is -0.372 e. The van der Waals surface area contributed by atoms with Gasteiger partial charge < -0.3 is 4.90 Å². The molecule has 140 valence electrons. The Balaban J connectivity index is 1.67. The standard InChI is InChI=1S/C18H16N8O2/c1-24(2)15-8-7-12(9-16(15)26(27)28)10-19-21-17-13-5-3-4-6-14(13)18-22-20-11-25(18)23-17/h3-11H,1-2H3,(H,21,23)/b19-10+. The number of hydrogen-bond acceptors (Lipinski definition) is 8. The summed E-state index contributed by atoms with van der Waals surface area (Å²) in [6.07, 6.45) is 3.03. The molecule has 2 aromatic carbocycles. The molecule has 4 aromatic rings. The minimum absolute atomic E-state index is 0.0171. The van der Waals surface area contributed by atoms with Gasteiger partial charge in [0, 0.05) is 36.5 Å². The maximum Gasteiger partial charge on any atom is 0.293 e. The van der Waals surface area contributed by atoms with Crippen LogP contribution in [-0.4, -0.2) is 45.0 Å². The number of hydrogen-bond donors (Lipinski definition) is 1. The van der Waals surface area contributed by atoms with E-state index < -0.39 is 4.92 Å². The van der Waals surface area contributed by atoms with Gasteiger partial charge in [0.15, 0.2) is 11.5 Å². The van der Waals surface area contributed by atoms with Crippen molar-refractivity contribution in [2.45, 2.75) is 0 Å². The normalized spacial score (nSPS) is 11.4. The van der Waals surface area contributed by atoms with E-state index in [1.54, 1.807) is 35.6 Å². The highest BCUT2D eigenvalue weighted by molar-refractivity contribution is 6.00. The molecule has 0 aliphatic rings. The lowest BCUT2D eigenvalue weighted by Gasteiger charge is -2.12. The Bertz CT molecular complexity index is 1210. The lowest BCUT2D eigenvalue weighted by Crippen LogP contribution is -2.11. The molecule has 2 heterocycles. The molecule has 2 aromatic heterocycles. The second-order valence-corrected chi connectivity index (χ2v) is 6.26. The highest BCUT2D eigenvalue weighted by Gasteiger charge is 2.15. The third kappa shape index (κ3) is 3.07. The third-order valence-corrected chi connectivity index (χ3v) is 4.22. The van der Waals surface area contributed by atoms with Gasteiger partial charge in [0.05, 0.1) is 11.1 Å². The number of benzene rings is 2. The molecule has 4 rings (SSSR count). The maximum atomic E-state index is 11.3. The Morgan fingerprint density at radius 2 is 2.00 bits per heavy atom. The van der Waals surface area contributed by atoms with Gasteiger partial charge in [0.2, 0.25) is 0 Å². The summed E-state index contributed by atoms with van der Waals surface area (Å²) in [4.78, 5) is 12.6. The zero-order valence-electron chi connectivity index (χ0n) is 15.1. The van der Waals surface area contributed by atoms with Crippen molar-refractivity contribution in [2.75, 3.05) is 24.4 Å². The van der Waals surface area contributed by atoms with Crippen LogP contribution in [0.4, 0.5) is 17.2 Å². The molecule has 0 radical (unpaired) electrons. The van der Waals surface area contributed by atoms with Gasteiger partial charge in [-0.2, -0.15) is 9.62 Å². The van der Waals surface area contributed by atoms with E-state index in [1.165, 1.54) is 18.6 Å². The van der Waals surface area contributed by atoms with Gasteiger partial charge in [-0.1, -0.05) is 30.3 Å². The molecule has 0 aliphatic carbocycles. The van der Waals surface area contributed by atoms with Crippen molar-refractivity contribution in [1.82, 2.24) is 19.8 Å². The van der Waals surface area contributed by atoms with Crippen molar-refractivity contribution in [3.05, 3.63) is 64.5 Å². The van der Waals surface area contributed by atoms with Crippen LogP contribution < -0.4 is 10.3 Å². The molecule has 0 amide bonds. The number of nitrogens with zero attached hydrogens (tertiary/aromatic N) is 7. The number of anilines is 2. The SMILES string of the molecule is CN(C)c1ccc(/C=N/Nc2nn3cnnc3c3ccccc23)cc1[N+](=O)[O-]. The lowest BCUT2D eigenvalue weighted by atomic mass is 10.2. The first-order chi connectivity index (χ1) is 13.5. The topological polar surface area (TPSA) is 114 Å². The van der Waals surface area contributed by atoms with Crippen molar-refractivity contribution < 1.29 is 4.92 Å². The molecule has 1 N–H and O–H groups in total. The Morgan fingerprint density at radius 3 is 2.75 bits per heavy atom. The summed E-state index contributed by atoms with van der Waals surface area (Å²) >= 11 is 0. The summed E-state index contributed by atoms with van der Waals surface area (Å²) in [6.45, 7) is 0. The molecular formula is C18H16N8O2. The number of nitrogens with one attached hydrogen (secondary N) is 1. The summed E-state index contributed by atoms with van der Waals surface area (Å²) in [5.74, 6) is 0.526. The zero-order valence-corrected chi connectivity index (χ0v) is 15.1. The molecule has 0 spiro atoms. The van der Waals surface area contributed by atoms with Crippen LogP contribution in [0.1, 0.15) is 5.56 Å². The van der Waals surface area contributed by atoms with Crippen molar-refractivity contribution >= 4 is 39.8 Å². The zero-order chi connectivity index (χ0) is 19.7. The van der Waals surface area contributed by atoms with Gasteiger partial charge in [0.1, 0.15) is 12.0 Å². The van der Waals surface area contributed by atoms with Crippen molar-refractivity contribution in [1.29, 1.82) is 0 Å². The van der Waals surface area contributed by atoms with Gasteiger partial charge in [0.25, 0.3) is 5.69 Å². The molecule has 0 saturated heterocycles.